The zero-order chi connectivity index (χ0) is 8.84. The second kappa shape index (κ2) is 2.61. The number of hydrogen-bond acceptors (Lipinski definition) is 2. The molecule has 1 aliphatic heterocycles. The van der Waals surface area contributed by atoms with Crippen molar-refractivity contribution in [2.45, 2.75) is 18.9 Å². The van der Waals surface area contributed by atoms with E-state index in [4.69, 9.17) is 11.6 Å². The van der Waals surface area contributed by atoms with E-state index in [1.165, 1.54) is 19.4 Å². The molecule has 3 rings (SSSR count). The van der Waals surface area contributed by atoms with Gasteiger partial charge in [0, 0.05) is 18.8 Å². The number of rotatable bonds is 1. The summed E-state index contributed by atoms with van der Waals surface area (Å²) in [6, 6.07) is 4.71. The van der Waals surface area contributed by atoms with E-state index in [9.17, 15) is 0 Å². The summed E-state index contributed by atoms with van der Waals surface area (Å²) >= 11 is 5.78. The van der Waals surface area contributed by atoms with Crippen LogP contribution in [0.15, 0.2) is 18.3 Å². The van der Waals surface area contributed by atoms with Gasteiger partial charge in [-0.2, -0.15) is 0 Å². The molecule has 2 heterocycles. The number of halogens is 1. The number of piperidine rings is 1. The summed E-state index contributed by atoms with van der Waals surface area (Å²) in [5, 5.41) is 0.717. The van der Waals surface area contributed by atoms with Crippen molar-refractivity contribution in [1.82, 2.24) is 4.98 Å². The lowest BCUT2D eigenvalue weighted by Crippen LogP contribution is -2.62. The van der Waals surface area contributed by atoms with E-state index >= 15 is 0 Å². The second-order valence-corrected chi connectivity index (χ2v) is 4.33. The largest absolute Gasteiger partial charge is 0.353 e. The Morgan fingerprint density at radius 1 is 1.38 bits per heavy atom. The second-order valence-electron chi connectivity index (χ2n) is 3.89. The maximum Gasteiger partial charge on any atom is 0.128 e. The van der Waals surface area contributed by atoms with Crippen molar-refractivity contribution in [1.29, 1.82) is 0 Å². The molecule has 0 bridgehead atoms. The number of hydrogen-bond donors (Lipinski definition) is 0. The van der Waals surface area contributed by atoms with Gasteiger partial charge < -0.3 is 4.90 Å². The number of fused-ring (bicyclic) bond motifs is 1. The highest BCUT2D eigenvalue weighted by molar-refractivity contribution is 6.30. The van der Waals surface area contributed by atoms with Crippen LogP contribution >= 0.6 is 11.6 Å². The maximum atomic E-state index is 5.78. The van der Waals surface area contributed by atoms with Gasteiger partial charge in [0.05, 0.1) is 5.02 Å². The Balaban J connectivity index is 1.81. The van der Waals surface area contributed by atoms with E-state index in [2.05, 4.69) is 9.88 Å². The van der Waals surface area contributed by atoms with Crippen molar-refractivity contribution in [2.75, 3.05) is 11.4 Å². The lowest BCUT2D eigenvalue weighted by atomic mass is 9.71. The average molecular weight is 195 g/mol. The average Bonchev–Trinajstić information content (AvgIpc) is 2.12. The van der Waals surface area contributed by atoms with Gasteiger partial charge in [-0.05, 0) is 30.9 Å². The minimum absolute atomic E-state index is 0.717. The van der Waals surface area contributed by atoms with Crippen molar-refractivity contribution >= 4 is 17.4 Å². The minimum atomic E-state index is 0.717. The molecule has 1 aromatic heterocycles. The molecule has 0 spiro atoms. The lowest BCUT2D eigenvalue weighted by molar-refractivity contribution is 0.158. The van der Waals surface area contributed by atoms with Crippen LogP contribution in [0.5, 0.6) is 0 Å². The van der Waals surface area contributed by atoms with E-state index < -0.39 is 0 Å². The van der Waals surface area contributed by atoms with Crippen LogP contribution in [0.1, 0.15) is 12.8 Å². The highest BCUT2D eigenvalue weighted by Gasteiger charge is 2.45. The molecule has 68 valence electrons. The molecule has 1 saturated carbocycles. The molecule has 0 amide bonds. The van der Waals surface area contributed by atoms with Crippen LogP contribution in [0.4, 0.5) is 5.82 Å². The standard InChI is InChI=1S/C10H11ClN2/c11-8-2-4-10(12-5-8)13-6-7-1-3-9(7)13/h2,4-5,7,9H,1,3,6H2/t7?,9-/m0/s1. The first kappa shape index (κ1) is 7.63. The van der Waals surface area contributed by atoms with Crippen LogP contribution in [0.25, 0.3) is 0 Å². The van der Waals surface area contributed by atoms with Gasteiger partial charge in [-0.3, -0.25) is 0 Å². The molecule has 0 radical (unpaired) electrons. The Hall–Kier alpha value is -0.760. The van der Waals surface area contributed by atoms with E-state index in [0.29, 0.717) is 0 Å². The third-order valence-electron chi connectivity index (χ3n) is 3.21. The fraction of sp³-hybridized carbons (Fsp3) is 0.500. The van der Waals surface area contributed by atoms with Crippen LogP contribution in [-0.4, -0.2) is 17.6 Å². The summed E-state index contributed by atoms with van der Waals surface area (Å²) in [5.74, 6) is 2.04. The van der Waals surface area contributed by atoms with E-state index in [-0.39, 0.29) is 0 Å². The topological polar surface area (TPSA) is 16.1 Å². The van der Waals surface area contributed by atoms with E-state index in [0.717, 1.165) is 22.8 Å². The number of aromatic nitrogens is 1. The smallest absolute Gasteiger partial charge is 0.128 e. The fourth-order valence-corrected chi connectivity index (χ4v) is 2.34. The summed E-state index contributed by atoms with van der Waals surface area (Å²) in [6.45, 7) is 1.19. The number of nitrogens with zero attached hydrogens (tertiary/aromatic N) is 2. The summed E-state index contributed by atoms with van der Waals surface area (Å²) < 4.78 is 0. The van der Waals surface area contributed by atoms with Crippen LogP contribution in [0.2, 0.25) is 5.02 Å². The molecule has 2 fully saturated rings. The Morgan fingerprint density at radius 2 is 2.31 bits per heavy atom. The normalized spacial score (nSPS) is 30.4. The molecule has 3 heteroatoms. The van der Waals surface area contributed by atoms with Gasteiger partial charge in [-0.25, -0.2) is 4.98 Å². The van der Waals surface area contributed by atoms with Gasteiger partial charge in [0.1, 0.15) is 5.82 Å². The molecule has 0 N–H and O–H groups in total. The molecule has 1 saturated heterocycles. The van der Waals surface area contributed by atoms with Crippen molar-refractivity contribution in [3.63, 3.8) is 0 Å². The van der Waals surface area contributed by atoms with E-state index in [1.807, 2.05) is 12.1 Å². The predicted molar refractivity (Wildman–Crippen MR) is 53.1 cm³/mol. The van der Waals surface area contributed by atoms with Crippen LogP contribution in [0, 0.1) is 5.92 Å². The van der Waals surface area contributed by atoms with E-state index in [1.54, 1.807) is 6.20 Å². The summed E-state index contributed by atoms with van der Waals surface area (Å²) in [7, 11) is 0. The maximum absolute atomic E-state index is 5.78. The summed E-state index contributed by atoms with van der Waals surface area (Å²) in [6.07, 6.45) is 4.48. The first-order chi connectivity index (χ1) is 6.34. The van der Waals surface area contributed by atoms with Gasteiger partial charge in [-0.1, -0.05) is 11.6 Å². The molecule has 1 aliphatic carbocycles. The van der Waals surface area contributed by atoms with Crippen molar-refractivity contribution in [3.8, 4) is 0 Å². The number of anilines is 1. The van der Waals surface area contributed by atoms with Gasteiger partial charge in [0.2, 0.25) is 0 Å². The summed E-state index contributed by atoms with van der Waals surface area (Å²) in [5.41, 5.74) is 0. The highest BCUT2D eigenvalue weighted by atomic mass is 35.5. The van der Waals surface area contributed by atoms with Gasteiger partial charge in [0.25, 0.3) is 0 Å². The Bertz CT molecular complexity index is 322. The van der Waals surface area contributed by atoms with Crippen molar-refractivity contribution < 1.29 is 0 Å². The summed E-state index contributed by atoms with van der Waals surface area (Å²) in [4.78, 5) is 6.69. The van der Waals surface area contributed by atoms with Gasteiger partial charge in [0.15, 0.2) is 0 Å². The van der Waals surface area contributed by atoms with Crippen molar-refractivity contribution in [3.05, 3.63) is 23.4 Å². The molecule has 1 unspecified atom stereocenters. The van der Waals surface area contributed by atoms with Crippen molar-refractivity contribution in [2.24, 2.45) is 5.92 Å². The first-order valence-corrected chi connectivity index (χ1v) is 5.10. The van der Waals surface area contributed by atoms with Gasteiger partial charge in [-0.15, -0.1) is 0 Å². The minimum Gasteiger partial charge on any atom is -0.353 e. The zero-order valence-corrected chi connectivity index (χ0v) is 8.04. The SMILES string of the molecule is Clc1ccc(N2CC3CC[C@@H]32)nc1. The molecule has 2 aliphatic rings. The predicted octanol–water partition coefficient (Wildman–Crippen LogP) is 2.33. The Morgan fingerprint density at radius 3 is 2.77 bits per heavy atom. The number of pyridine rings is 1. The third kappa shape index (κ3) is 1.05. The molecule has 1 aromatic rings. The highest BCUT2D eigenvalue weighted by Crippen LogP contribution is 2.43. The molecule has 13 heavy (non-hydrogen) atoms. The zero-order valence-electron chi connectivity index (χ0n) is 7.28. The first-order valence-electron chi connectivity index (χ1n) is 4.73. The Labute approximate surface area is 82.5 Å². The monoisotopic (exact) mass is 194 g/mol. The molecule has 2 atom stereocenters. The van der Waals surface area contributed by atoms with Crippen LogP contribution in [0.3, 0.4) is 0 Å². The fourth-order valence-electron chi connectivity index (χ4n) is 2.23. The van der Waals surface area contributed by atoms with Gasteiger partial charge >= 0.3 is 0 Å². The molecular formula is C10H11ClN2. The van der Waals surface area contributed by atoms with Crippen LogP contribution in [-0.2, 0) is 0 Å². The molecule has 0 aromatic carbocycles. The van der Waals surface area contributed by atoms with Crippen LogP contribution < -0.4 is 4.90 Å². The molecular weight excluding hydrogens is 184 g/mol. The molecule has 2 nitrogen and oxygen atoms in total. The Kier molecular flexibility index (Phi) is 1.53. The lowest BCUT2D eigenvalue weighted by Gasteiger charge is -2.56. The quantitative estimate of drug-likeness (QED) is 0.682. The third-order valence-corrected chi connectivity index (χ3v) is 3.44.